The molecule has 2 aromatic heterocycles. The molecule has 3 nitrogen and oxygen atoms in total. The van der Waals surface area contributed by atoms with Gasteiger partial charge in [0.15, 0.2) is 0 Å². The molecule has 24 heavy (non-hydrogen) atoms. The first-order valence-electron chi connectivity index (χ1n) is 8.59. The lowest BCUT2D eigenvalue weighted by Crippen LogP contribution is -2.22. The Morgan fingerprint density at radius 2 is 1.88 bits per heavy atom. The highest BCUT2D eigenvalue weighted by atomic mass is 16.3. The summed E-state index contributed by atoms with van der Waals surface area (Å²) >= 11 is 0. The Hall–Kier alpha value is -2.39. The lowest BCUT2D eigenvalue weighted by molar-refractivity contribution is 0.433. The zero-order chi connectivity index (χ0) is 16.4. The molecule has 3 heteroatoms. The van der Waals surface area contributed by atoms with Crippen LogP contribution >= 0.6 is 0 Å². The van der Waals surface area contributed by atoms with Gasteiger partial charge in [-0.05, 0) is 42.2 Å². The predicted molar refractivity (Wildman–Crippen MR) is 94.6 cm³/mol. The fraction of sp³-hybridized carbons (Fsp3) is 0.286. The van der Waals surface area contributed by atoms with E-state index in [1.165, 1.54) is 12.0 Å². The van der Waals surface area contributed by atoms with Crippen LogP contribution < -0.4 is 5.32 Å². The van der Waals surface area contributed by atoms with Crippen molar-refractivity contribution in [1.29, 1.82) is 0 Å². The molecule has 0 spiro atoms. The first-order chi connectivity index (χ1) is 11.8. The summed E-state index contributed by atoms with van der Waals surface area (Å²) in [6.07, 6.45) is 3.09. The Morgan fingerprint density at radius 3 is 2.58 bits per heavy atom. The Kier molecular flexibility index (Phi) is 4.18. The summed E-state index contributed by atoms with van der Waals surface area (Å²) in [6.45, 7) is 2.97. The first-order valence-corrected chi connectivity index (χ1v) is 8.59. The maximum atomic E-state index is 6.02. The highest BCUT2D eigenvalue weighted by Crippen LogP contribution is 2.47. The van der Waals surface area contributed by atoms with Crippen LogP contribution in [0, 0.1) is 5.92 Å². The highest BCUT2D eigenvalue weighted by molar-refractivity contribution is 5.28. The molecule has 1 aliphatic rings. The number of nitrogens with zero attached hydrogens (tertiary/aromatic N) is 1. The molecule has 1 saturated carbocycles. The highest BCUT2D eigenvalue weighted by Gasteiger charge is 2.36. The average molecular weight is 318 g/mol. The van der Waals surface area contributed by atoms with E-state index in [2.05, 4.69) is 59.7 Å². The summed E-state index contributed by atoms with van der Waals surface area (Å²) in [6, 6.07) is 20.7. The van der Waals surface area contributed by atoms with Crippen molar-refractivity contribution in [2.45, 2.75) is 31.8 Å². The van der Waals surface area contributed by atoms with E-state index in [-0.39, 0.29) is 6.04 Å². The minimum atomic E-state index is 0.0563. The Morgan fingerprint density at radius 1 is 1.08 bits per heavy atom. The van der Waals surface area contributed by atoms with Gasteiger partial charge in [0.25, 0.3) is 0 Å². The molecule has 3 aromatic rings. The quantitative estimate of drug-likeness (QED) is 0.717. The van der Waals surface area contributed by atoms with Crippen molar-refractivity contribution in [2.75, 3.05) is 0 Å². The lowest BCUT2D eigenvalue weighted by Gasteiger charge is -2.18. The second kappa shape index (κ2) is 6.62. The van der Waals surface area contributed by atoms with Crippen molar-refractivity contribution in [2.24, 2.45) is 5.92 Å². The molecule has 1 aliphatic carbocycles. The van der Waals surface area contributed by atoms with Crippen molar-refractivity contribution >= 4 is 0 Å². The zero-order valence-electron chi connectivity index (χ0n) is 13.9. The van der Waals surface area contributed by atoms with E-state index in [1.54, 1.807) is 0 Å². The van der Waals surface area contributed by atoms with Crippen molar-refractivity contribution in [3.05, 3.63) is 89.6 Å². The molecule has 0 saturated heterocycles. The summed E-state index contributed by atoms with van der Waals surface area (Å²) < 4.78 is 6.02. The number of rotatable bonds is 6. The van der Waals surface area contributed by atoms with E-state index in [4.69, 9.17) is 4.42 Å². The van der Waals surface area contributed by atoms with E-state index in [9.17, 15) is 0 Å². The maximum absolute atomic E-state index is 6.02. The molecule has 0 radical (unpaired) electrons. The summed E-state index contributed by atoms with van der Waals surface area (Å²) in [5.74, 6) is 3.51. The van der Waals surface area contributed by atoms with Gasteiger partial charge in [0.2, 0.25) is 0 Å². The largest absolute Gasteiger partial charge is 0.464 e. The van der Waals surface area contributed by atoms with E-state index < -0.39 is 0 Å². The third-order valence-corrected chi connectivity index (χ3v) is 4.75. The molecular formula is C21H22N2O. The van der Waals surface area contributed by atoms with E-state index >= 15 is 0 Å². The van der Waals surface area contributed by atoms with Gasteiger partial charge in [0.05, 0.1) is 18.3 Å². The van der Waals surface area contributed by atoms with Crippen LogP contribution in [0.5, 0.6) is 0 Å². The Balaban J connectivity index is 1.51. The van der Waals surface area contributed by atoms with Crippen molar-refractivity contribution in [3.63, 3.8) is 0 Å². The van der Waals surface area contributed by atoms with Gasteiger partial charge in [0, 0.05) is 12.1 Å². The molecule has 0 amide bonds. The molecular weight excluding hydrogens is 296 g/mol. The molecule has 0 aliphatic heterocycles. The number of hydrogen-bond donors (Lipinski definition) is 1. The van der Waals surface area contributed by atoms with Gasteiger partial charge in [-0.1, -0.05) is 43.3 Å². The van der Waals surface area contributed by atoms with Crippen molar-refractivity contribution < 1.29 is 4.42 Å². The Labute approximate surface area is 142 Å². The molecule has 4 rings (SSSR count). The third kappa shape index (κ3) is 3.26. The zero-order valence-corrected chi connectivity index (χ0v) is 13.9. The molecule has 3 atom stereocenters. The monoisotopic (exact) mass is 318 g/mol. The van der Waals surface area contributed by atoms with Gasteiger partial charge in [-0.15, -0.1) is 0 Å². The molecule has 1 N–H and O–H groups in total. The standard InChI is InChI=1S/C21H22N2O/c1-15-13-18(15)20-11-10-17(24-20)14-23-21(16-7-3-2-4-8-16)19-9-5-6-12-22-19/h2-12,15,18,21,23H,13-14H2,1H3/t15-,18-,21-/m1/s1. The summed E-state index contributed by atoms with van der Waals surface area (Å²) in [4.78, 5) is 4.53. The van der Waals surface area contributed by atoms with Gasteiger partial charge in [-0.25, -0.2) is 0 Å². The number of aromatic nitrogens is 1. The topological polar surface area (TPSA) is 38.1 Å². The van der Waals surface area contributed by atoms with Crippen LogP contribution in [0.1, 0.15) is 48.1 Å². The fourth-order valence-corrected chi connectivity index (χ4v) is 3.20. The number of nitrogens with one attached hydrogen (secondary N) is 1. The molecule has 1 aromatic carbocycles. The number of benzene rings is 1. The molecule has 2 heterocycles. The van der Waals surface area contributed by atoms with Crippen molar-refractivity contribution in [1.82, 2.24) is 10.3 Å². The van der Waals surface area contributed by atoms with Crippen LogP contribution in [0.2, 0.25) is 0 Å². The van der Waals surface area contributed by atoms with Crippen LogP contribution in [-0.2, 0) is 6.54 Å². The van der Waals surface area contributed by atoms with Gasteiger partial charge in [-0.2, -0.15) is 0 Å². The number of pyridine rings is 1. The summed E-state index contributed by atoms with van der Waals surface area (Å²) in [5, 5.41) is 3.60. The van der Waals surface area contributed by atoms with E-state index in [0.717, 1.165) is 23.1 Å². The molecule has 0 unspecified atom stereocenters. The van der Waals surface area contributed by atoms with Crippen LogP contribution in [0.4, 0.5) is 0 Å². The van der Waals surface area contributed by atoms with Crippen molar-refractivity contribution in [3.8, 4) is 0 Å². The molecule has 0 bridgehead atoms. The summed E-state index contributed by atoms with van der Waals surface area (Å²) in [5.41, 5.74) is 2.23. The first kappa shape index (κ1) is 15.2. The van der Waals surface area contributed by atoms with Crippen LogP contribution in [0.3, 0.4) is 0 Å². The summed E-state index contributed by atoms with van der Waals surface area (Å²) in [7, 11) is 0. The third-order valence-electron chi connectivity index (χ3n) is 4.75. The normalized spacial score (nSPS) is 20.7. The molecule has 1 fully saturated rings. The van der Waals surface area contributed by atoms with E-state index in [0.29, 0.717) is 12.5 Å². The van der Waals surface area contributed by atoms with Gasteiger partial charge < -0.3 is 4.42 Å². The average Bonchev–Trinajstić information content (AvgIpc) is 3.18. The minimum Gasteiger partial charge on any atom is -0.464 e. The smallest absolute Gasteiger partial charge is 0.117 e. The van der Waals surface area contributed by atoms with Gasteiger partial charge in [-0.3, -0.25) is 10.3 Å². The second-order valence-corrected chi connectivity index (χ2v) is 6.60. The van der Waals surface area contributed by atoms with Gasteiger partial charge >= 0.3 is 0 Å². The lowest BCUT2D eigenvalue weighted by atomic mass is 10.0. The molecule has 122 valence electrons. The predicted octanol–water partition coefficient (Wildman–Crippen LogP) is 4.68. The Bertz CT molecular complexity index is 742. The minimum absolute atomic E-state index is 0.0563. The number of hydrogen-bond acceptors (Lipinski definition) is 3. The van der Waals surface area contributed by atoms with E-state index in [1.807, 2.05) is 24.4 Å². The van der Waals surface area contributed by atoms with Crippen LogP contribution in [-0.4, -0.2) is 4.98 Å². The maximum Gasteiger partial charge on any atom is 0.117 e. The van der Waals surface area contributed by atoms with Gasteiger partial charge in [0.1, 0.15) is 11.5 Å². The SMILES string of the molecule is C[C@@H]1C[C@H]1c1ccc(CN[C@H](c2ccccc2)c2ccccn2)o1. The number of furan rings is 1. The second-order valence-electron chi connectivity index (χ2n) is 6.60. The van der Waals surface area contributed by atoms with Crippen LogP contribution in [0.15, 0.2) is 71.3 Å². The fourth-order valence-electron chi connectivity index (χ4n) is 3.20. The van der Waals surface area contributed by atoms with Crippen LogP contribution in [0.25, 0.3) is 0 Å².